The molecule has 1 saturated carbocycles. The van der Waals surface area contributed by atoms with Gasteiger partial charge in [0.25, 0.3) is 5.89 Å². The summed E-state index contributed by atoms with van der Waals surface area (Å²) in [6, 6.07) is 0. The monoisotopic (exact) mass is 359 g/mol. The highest BCUT2D eigenvalue weighted by molar-refractivity contribution is 5.89. The van der Waals surface area contributed by atoms with E-state index >= 15 is 0 Å². The maximum absolute atomic E-state index is 12.9. The second-order valence-electron chi connectivity index (χ2n) is 9.03. The number of aromatic nitrogens is 1. The van der Waals surface area contributed by atoms with E-state index < -0.39 is 0 Å². The summed E-state index contributed by atoms with van der Waals surface area (Å²) in [5, 5.41) is 0. The van der Waals surface area contributed by atoms with Crippen LogP contribution in [-0.2, 0) is 13.0 Å². The topological polar surface area (TPSA) is 49.6 Å². The third-order valence-electron chi connectivity index (χ3n) is 6.39. The predicted molar refractivity (Wildman–Crippen MR) is 101 cm³/mol. The number of hydrogen-bond acceptors (Lipinski definition) is 4. The molecule has 3 aliphatic rings. The molecule has 0 bridgehead atoms. The molecule has 3 heterocycles. The fourth-order valence-electron chi connectivity index (χ4n) is 5.20. The van der Waals surface area contributed by atoms with Gasteiger partial charge in [0.15, 0.2) is 0 Å². The Labute approximate surface area is 157 Å². The summed E-state index contributed by atoms with van der Waals surface area (Å²) in [7, 11) is 0. The van der Waals surface area contributed by atoms with E-state index in [1.165, 1.54) is 45.1 Å². The van der Waals surface area contributed by atoms with Gasteiger partial charge in [-0.2, -0.15) is 0 Å². The second-order valence-corrected chi connectivity index (χ2v) is 9.03. The van der Waals surface area contributed by atoms with E-state index in [2.05, 4.69) is 23.7 Å². The molecule has 1 aromatic heterocycles. The summed E-state index contributed by atoms with van der Waals surface area (Å²) >= 11 is 0. The number of carbonyl (C=O) groups is 1. The average Bonchev–Trinajstić information content (AvgIpc) is 3.04. The normalized spacial score (nSPS) is 28.2. The molecule has 5 heteroatoms. The van der Waals surface area contributed by atoms with E-state index in [-0.39, 0.29) is 5.91 Å². The lowest BCUT2D eigenvalue weighted by atomic mass is 9.88. The van der Waals surface area contributed by atoms with E-state index in [1.807, 2.05) is 4.90 Å². The number of amides is 1. The van der Waals surface area contributed by atoms with Crippen molar-refractivity contribution in [2.24, 2.45) is 17.8 Å². The van der Waals surface area contributed by atoms with Crippen molar-refractivity contribution in [1.29, 1.82) is 0 Å². The molecule has 26 heavy (non-hydrogen) atoms. The molecule has 0 spiro atoms. The largest absolute Gasteiger partial charge is 0.437 e. The Kier molecular flexibility index (Phi) is 5.35. The smallest absolute Gasteiger partial charge is 0.309 e. The first kappa shape index (κ1) is 18.0. The zero-order valence-corrected chi connectivity index (χ0v) is 16.4. The number of piperidine rings is 1. The molecule has 0 aromatic carbocycles. The minimum Gasteiger partial charge on any atom is -0.437 e. The molecule has 1 amide bonds. The minimum absolute atomic E-state index is 0.0170. The Morgan fingerprint density at radius 3 is 2.62 bits per heavy atom. The number of oxazole rings is 1. The average molecular weight is 360 g/mol. The molecule has 0 radical (unpaired) electrons. The molecule has 0 unspecified atom stereocenters. The summed E-state index contributed by atoms with van der Waals surface area (Å²) in [5.74, 6) is 3.19. The van der Waals surface area contributed by atoms with Crippen LogP contribution in [0.3, 0.4) is 0 Å². The van der Waals surface area contributed by atoms with E-state index in [0.717, 1.165) is 50.0 Å². The highest BCUT2D eigenvalue weighted by atomic mass is 16.4. The van der Waals surface area contributed by atoms with Crippen LogP contribution in [0.25, 0.3) is 0 Å². The number of hydrogen-bond donors (Lipinski definition) is 0. The molecule has 2 fully saturated rings. The molecule has 4 rings (SSSR count). The lowest BCUT2D eigenvalue weighted by Crippen LogP contribution is -2.42. The van der Waals surface area contributed by atoms with Crippen molar-refractivity contribution in [2.75, 3.05) is 26.2 Å². The van der Waals surface area contributed by atoms with E-state index in [0.29, 0.717) is 17.7 Å². The van der Waals surface area contributed by atoms with Gasteiger partial charge in [0.2, 0.25) is 0 Å². The lowest BCUT2D eigenvalue weighted by Gasteiger charge is -2.34. The Morgan fingerprint density at radius 2 is 1.88 bits per heavy atom. The molecule has 1 aromatic rings. The van der Waals surface area contributed by atoms with Gasteiger partial charge in [-0.05, 0) is 37.0 Å². The standard InChI is InChI=1S/C21H33N3O2/c1-15-10-16(2)12-24(11-15)21(25)20-22-18-14-23(9-8-19(18)26-20)13-17-6-4-3-5-7-17/h15-17H,3-14H2,1-2H3/t15-,16+. The van der Waals surface area contributed by atoms with Gasteiger partial charge in [-0.3, -0.25) is 9.69 Å². The number of nitrogens with zero attached hydrogens (tertiary/aromatic N) is 3. The fraction of sp³-hybridized carbons (Fsp3) is 0.810. The summed E-state index contributed by atoms with van der Waals surface area (Å²) in [4.78, 5) is 21.9. The molecule has 144 valence electrons. The van der Waals surface area contributed by atoms with Crippen molar-refractivity contribution in [1.82, 2.24) is 14.8 Å². The van der Waals surface area contributed by atoms with Crippen molar-refractivity contribution in [3.05, 3.63) is 17.3 Å². The number of likely N-dealkylation sites (tertiary alicyclic amines) is 1. The van der Waals surface area contributed by atoms with Crippen molar-refractivity contribution < 1.29 is 9.21 Å². The minimum atomic E-state index is -0.0170. The molecule has 2 atom stereocenters. The lowest BCUT2D eigenvalue weighted by molar-refractivity contribution is 0.0581. The van der Waals surface area contributed by atoms with Gasteiger partial charge in [0.1, 0.15) is 5.76 Å². The van der Waals surface area contributed by atoms with Crippen LogP contribution >= 0.6 is 0 Å². The Balaban J connectivity index is 1.40. The molecule has 1 aliphatic carbocycles. The summed E-state index contributed by atoms with van der Waals surface area (Å²) in [6.45, 7) is 9.14. The number of carbonyl (C=O) groups excluding carboxylic acids is 1. The van der Waals surface area contributed by atoms with Crippen LogP contribution in [0.15, 0.2) is 4.42 Å². The Morgan fingerprint density at radius 1 is 1.15 bits per heavy atom. The van der Waals surface area contributed by atoms with Crippen LogP contribution in [0.2, 0.25) is 0 Å². The molecule has 0 N–H and O–H groups in total. The van der Waals surface area contributed by atoms with Crippen LogP contribution < -0.4 is 0 Å². The Bertz CT molecular complexity index is 625. The van der Waals surface area contributed by atoms with Crippen LogP contribution in [0, 0.1) is 17.8 Å². The van der Waals surface area contributed by atoms with Crippen LogP contribution in [0.4, 0.5) is 0 Å². The van der Waals surface area contributed by atoms with Crippen molar-refractivity contribution in [3.63, 3.8) is 0 Å². The van der Waals surface area contributed by atoms with Gasteiger partial charge in [0.05, 0.1) is 5.69 Å². The number of rotatable bonds is 3. The molecular weight excluding hydrogens is 326 g/mol. The van der Waals surface area contributed by atoms with Crippen LogP contribution in [-0.4, -0.2) is 46.9 Å². The first-order valence-corrected chi connectivity index (χ1v) is 10.6. The highest BCUT2D eigenvalue weighted by Gasteiger charge is 2.31. The quantitative estimate of drug-likeness (QED) is 0.825. The zero-order chi connectivity index (χ0) is 18.1. The van der Waals surface area contributed by atoms with Gasteiger partial charge < -0.3 is 9.32 Å². The molecule has 1 saturated heterocycles. The number of fused-ring (bicyclic) bond motifs is 1. The third kappa shape index (κ3) is 3.98. The second kappa shape index (κ2) is 7.71. The molecule has 5 nitrogen and oxygen atoms in total. The Hall–Kier alpha value is -1.36. The van der Waals surface area contributed by atoms with E-state index in [9.17, 15) is 4.79 Å². The van der Waals surface area contributed by atoms with Crippen molar-refractivity contribution >= 4 is 5.91 Å². The van der Waals surface area contributed by atoms with Gasteiger partial charge in [0, 0.05) is 39.1 Å². The first-order valence-electron chi connectivity index (χ1n) is 10.6. The first-order chi connectivity index (χ1) is 12.6. The highest BCUT2D eigenvalue weighted by Crippen LogP contribution is 2.28. The maximum atomic E-state index is 12.9. The molecule has 2 aliphatic heterocycles. The van der Waals surface area contributed by atoms with Gasteiger partial charge in [-0.1, -0.05) is 33.1 Å². The van der Waals surface area contributed by atoms with Crippen LogP contribution in [0.5, 0.6) is 0 Å². The zero-order valence-electron chi connectivity index (χ0n) is 16.4. The summed E-state index contributed by atoms with van der Waals surface area (Å²) in [5.41, 5.74) is 0.994. The predicted octanol–water partition coefficient (Wildman–Crippen LogP) is 3.73. The fourth-order valence-corrected chi connectivity index (χ4v) is 5.20. The van der Waals surface area contributed by atoms with E-state index in [4.69, 9.17) is 4.42 Å². The third-order valence-corrected chi connectivity index (χ3v) is 6.39. The van der Waals surface area contributed by atoms with E-state index in [1.54, 1.807) is 0 Å². The van der Waals surface area contributed by atoms with Crippen molar-refractivity contribution in [2.45, 2.75) is 65.3 Å². The maximum Gasteiger partial charge on any atom is 0.309 e. The van der Waals surface area contributed by atoms with Gasteiger partial charge in [-0.15, -0.1) is 0 Å². The molecular formula is C21H33N3O2. The summed E-state index contributed by atoms with van der Waals surface area (Å²) in [6.07, 6.45) is 9.01. The summed E-state index contributed by atoms with van der Waals surface area (Å²) < 4.78 is 5.90. The van der Waals surface area contributed by atoms with Crippen molar-refractivity contribution in [3.8, 4) is 0 Å². The van der Waals surface area contributed by atoms with Gasteiger partial charge in [-0.25, -0.2) is 4.98 Å². The SMILES string of the molecule is C[C@@H]1C[C@H](C)CN(C(=O)c2nc3c(o2)CCN(CC2CCCCC2)C3)C1. The van der Waals surface area contributed by atoms with Crippen LogP contribution in [0.1, 0.15) is 74.5 Å². The van der Waals surface area contributed by atoms with Gasteiger partial charge >= 0.3 is 5.91 Å².